The predicted octanol–water partition coefficient (Wildman–Crippen LogP) is 2.80. The van der Waals surface area contributed by atoms with Gasteiger partial charge in [-0.3, -0.25) is 0 Å². The van der Waals surface area contributed by atoms with Gasteiger partial charge >= 0.3 is 0 Å². The summed E-state index contributed by atoms with van der Waals surface area (Å²) < 4.78 is 0. The molecule has 14 heavy (non-hydrogen) atoms. The Hall–Kier alpha value is 0.01000. The van der Waals surface area contributed by atoms with Gasteiger partial charge in [0.1, 0.15) is 0 Å². The second-order valence-corrected chi connectivity index (χ2v) is 3.57. The predicted molar refractivity (Wildman–Crippen MR) is 62.3 cm³/mol. The number of halogens is 3. The Morgan fingerprint density at radius 1 is 1.29 bits per heavy atom. The average molecular weight is 257 g/mol. The van der Waals surface area contributed by atoms with Crippen molar-refractivity contribution in [1.29, 1.82) is 0 Å². The lowest BCUT2D eigenvalue weighted by Gasteiger charge is -2.13. The molecule has 0 fully saturated rings. The lowest BCUT2D eigenvalue weighted by atomic mass is 10.1. The Labute approximate surface area is 99.4 Å². The summed E-state index contributed by atoms with van der Waals surface area (Å²) in [5.41, 5.74) is 6.49. The summed E-state index contributed by atoms with van der Waals surface area (Å²) in [6.45, 7) is 0.0305. The fourth-order valence-electron chi connectivity index (χ4n) is 1.15. The zero-order valence-electron chi connectivity index (χ0n) is 7.41. The van der Waals surface area contributed by atoms with Gasteiger partial charge in [-0.25, -0.2) is 0 Å². The molecular formula is C9H12Cl3NO. The Kier molecular flexibility index (Phi) is 6.49. The van der Waals surface area contributed by atoms with Gasteiger partial charge in [0.2, 0.25) is 0 Å². The molecule has 0 saturated heterocycles. The molecule has 0 aliphatic rings. The monoisotopic (exact) mass is 255 g/mol. The maximum Gasteiger partial charge on any atom is 0.0468 e. The van der Waals surface area contributed by atoms with Gasteiger partial charge in [0, 0.05) is 28.3 Å². The van der Waals surface area contributed by atoms with E-state index in [1.807, 2.05) is 0 Å². The SMILES string of the molecule is Cl.N[C@@H](CCO)c1c(Cl)cccc1Cl. The van der Waals surface area contributed by atoms with Gasteiger partial charge in [-0.15, -0.1) is 12.4 Å². The van der Waals surface area contributed by atoms with Crippen LogP contribution in [-0.2, 0) is 0 Å². The van der Waals surface area contributed by atoms with E-state index in [9.17, 15) is 0 Å². The fourth-order valence-corrected chi connectivity index (χ4v) is 1.83. The second-order valence-electron chi connectivity index (χ2n) is 2.75. The first-order valence-corrected chi connectivity index (χ1v) is 4.72. The van der Waals surface area contributed by atoms with Crippen molar-refractivity contribution in [3.63, 3.8) is 0 Å². The highest BCUT2D eigenvalue weighted by Gasteiger charge is 2.12. The van der Waals surface area contributed by atoms with Crippen LogP contribution in [0.15, 0.2) is 18.2 Å². The highest BCUT2D eigenvalue weighted by Crippen LogP contribution is 2.30. The van der Waals surface area contributed by atoms with Crippen molar-refractivity contribution in [3.8, 4) is 0 Å². The van der Waals surface area contributed by atoms with Crippen LogP contribution in [0, 0.1) is 0 Å². The number of hydrogen-bond donors (Lipinski definition) is 2. The van der Waals surface area contributed by atoms with Crippen LogP contribution in [0.25, 0.3) is 0 Å². The van der Waals surface area contributed by atoms with Crippen LogP contribution in [0.2, 0.25) is 10.0 Å². The molecule has 0 radical (unpaired) electrons. The summed E-state index contributed by atoms with van der Waals surface area (Å²) in [7, 11) is 0. The summed E-state index contributed by atoms with van der Waals surface area (Å²) in [6, 6.07) is 4.94. The zero-order valence-corrected chi connectivity index (χ0v) is 9.74. The maximum atomic E-state index is 8.71. The molecule has 0 saturated carbocycles. The van der Waals surface area contributed by atoms with Crippen LogP contribution in [0.3, 0.4) is 0 Å². The van der Waals surface area contributed by atoms with Crippen molar-refractivity contribution in [1.82, 2.24) is 0 Å². The number of rotatable bonds is 3. The lowest BCUT2D eigenvalue weighted by molar-refractivity contribution is 0.276. The minimum Gasteiger partial charge on any atom is -0.396 e. The highest BCUT2D eigenvalue weighted by molar-refractivity contribution is 6.36. The van der Waals surface area contributed by atoms with Crippen LogP contribution < -0.4 is 5.73 Å². The van der Waals surface area contributed by atoms with Gasteiger partial charge in [-0.2, -0.15) is 0 Å². The van der Waals surface area contributed by atoms with E-state index in [0.29, 0.717) is 22.0 Å². The van der Waals surface area contributed by atoms with Crippen molar-refractivity contribution in [2.24, 2.45) is 5.73 Å². The van der Waals surface area contributed by atoms with Crippen molar-refractivity contribution in [3.05, 3.63) is 33.8 Å². The second kappa shape index (κ2) is 6.49. The van der Waals surface area contributed by atoms with Crippen LogP contribution >= 0.6 is 35.6 Å². The molecule has 2 nitrogen and oxygen atoms in total. The zero-order chi connectivity index (χ0) is 9.84. The van der Waals surface area contributed by atoms with Crippen molar-refractivity contribution < 1.29 is 5.11 Å². The van der Waals surface area contributed by atoms with E-state index in [1.54, 1.807) is 18.2 Å². The first-order valence-electron chi connectivity index (χ1n) is 3.97. The quantitative estimate of drug-likeness (QED) is 0.873. The third-order valence-corrected chi connectivity index (χ3v) is 2.47. The number of aliphatic hydroxyl groups excluding tert-OH is 1. The Morgan fingerprint density at radius 2 is 1.79 bits per heavy atom. The fraction of sp³-hybridized carbons (Fsp3) is 0.333. The van der Waals surface area contributed by atoms with Gasteiger partial charge < -0.3 is 10.8 Å². The molecule has 0 aliphatic heterocycles. The van der Waals surface area contributed by atoms with E-state index in [2.05, 4.69) is 0 Å². The Morgan fingerprint density at radius 3 is 2.21 bits per heavy atom. The summed E-state index contributed by atoms with van der Waals surface area (Å²) in [6.07, 6.45) is 0.462. The van der Waals surface area contributed by atoms with E-state index in [0.717, 1.165) is 0 Å². The average Bonchev–Trinajstić information content (AvgIpc) is 2.04. The smallest absolute Gasteiger partial charge is 0.0468 e. The molecule has 0 unspecified atom stereocenters. The molecule has 0 aliphatic carbocycles. The molecule has 1 rings (SSSR count). The van der Waals surface area contributed by atoms with Gasteiger partial charge in [-0.05, 0) is 18.6 Å². The molecule has 0 heterocycles. The number of benzene rings is 1. The normalized spacial score (nSPS) is 12.0. The summed E-state index contributed by atoms with van der Waals surface area (Å²) in [4.78, 5) is 0. The minimum absolute atomic E-state index is 0. The van der Waals surface area contributed by atoms with Gasteiger partial charge in [0.15, 0.2) is 0 Å². The molecule has 5 heteroatoms. The van der Waals surface area contributed by atoms with Crippen LogP contribution in [0.4, 0.5) is 0 Å². The first-order chi connectivity index (χ1) is 6.16. The van der Waals surface area contributed by atoms with Crippen LogP contribution in [0.5, 0.6) is 0 Å². The molecular weight excluding hydrogens is 244 g/mol. The molecule has 1 aromatic carbocycles. The number of nitrogens with two attached hydrogens (primary N) is 1. The van der Waals surface area contributed by atoms with E-state index >= 15 is 0 Å². The first kappa shape index (κ1) is 14.0. The molecule has 80 valence electrons. The van der Waals surface area contributed by atoms with E-state index in [1.165, 1.54) is 0 Å². The van der Waals surface area contributed by atoms with Crippen LogP contribution in [-0.4, -0.2) is 11.7 Å². The largest absolute Gasteiger partial charge is 0.396 e. The third kappa shape index (κ3) is 3.30. The molecule has 3 N–H and O–H groups in total. The topological polar surface area (TPSA) is 46.2 Å². The number of hydrogen-bond acceptors (Lipinski definition) is 2. The van der Waals surface area contributed by atoms with Crippen molar-refractivity contribution >= 4 is 35.6 Å². The maximum absolute atomic E-state index is 8.71. The molecule has 0 amide bonds. The molecule has 0 spiro atoms. The van der Waals surface area contributed by atoms with Gasteiger partial charge in [-0.1, -0.05) is 29.3 Å². The minimum atomic E-state index is -0.300. The Bertz CT molecular complexity index is 273. The third-order valence-electron chi connectivity index (χ3n) is 1.81. The van der Waals surface area contributed by atoms with Crippen molar-refractivity contribution in [2.75, 3.05) is 6.61 Å². The van der Waals surface area contributed by atoms with E-state index in [-0.39, 0.29) is 25.1 Å². The highest BCUT2D eigenvalue weighted by atomic mass is 35.5. The molecule has 1 aromatic rings. The van der Waals surface area contributed by atoms with Crippen LogP contribution in [0.1, 0.15) is 18.0 Å². The summed E-state index contributed by atoms with van der Waals surface area (Å²) in [5.74, 6) is 0. The van der Waals surface area contributed by atoms with E-state index < -0.39 is 0 Å². The summed E-state index contributed by atoms with van der Waals surface area (Å²) >= 11 is 11.8. The lowest BCUT2D eigenvalue weighted by Crippen LogP contribution is -2.12. The van der Waals surface area contributed by atoms with Crippen molar-refractivity contribution in [2.45, 2.75) is 12.5 Å². The molecule has 0 bridgehead atoms. The number of aliphatic hydroxyl groups is 1. The van der Waals surface area contributed by atoms with Gasteiger partial charge in [0.25, 0.3) is 0 Å². The molecule has 0 aromatic heterocycles. The van der Waals surface area contributed by atoms with E-state index in [4.69, 9.17) is 34.0 Å². The summed E-state index contributed by atoms with van der Waals surface area (Å²) in [5, 5.41) is 9.81. The molecule has 1 atom stereocenters. The van der Waals surface area contributed by atoms with Gasteiger partial charge in [0.05, 0.1) is 0 Å². The standard InChI is InChI=1S/C9H11Cl2NO.ClH/c10-6-2-1-3-7(11)9(6)8(12)4-5-13;/h1-3,8,13H,4-5,12H2;1H/t8-;/m0./s1. The Balaban J connectivity index is 0.00000169.